The highest BCUT2D eigenvalue weighted by atomic mass is 79.9. The van der Waals surface area contributed by atoms with Crippen molar-refractivity contribution in [2.75, 3.05) is 20.3 Å². The van der Waals surface area contributed by atoms with Crippen LogP contribution in [0, 0.1) is 0 Å². The highest BCUT2D eigenvalue weighted by Gasteiger charge is 2.18. The number of methoxy groups -OCH3 is 1. The Balaban J connectivity index is 1.53. The van der Waals surface area contributed by atoms with Crippen molar-refractivity contribution in [3.05, 3.63) is 135 Å². The lowest BCUT2D eigenvalue weighted by Gasteiger charge is -2.18. The SMILES string of the molecule is CCc1ccc(CCOc2cc3c(Br)c(OCC(=O)OC)c(Cc4ccccc4)cc3cc2Cc2ccccc2)nc1. The van der Waals surface area contributed by atoms with Crippen LogP contribution in [0.1, 0.15) is 40.4 Å². The van der Waals surface area contributed by atoms with E-state index in [4.69, 9.17) is 14.2 Å². The molecule has 5 rings (SSSR count). The van der Waals surface area contributed by atoms with Crippen molar-refractivity contribution in [1.29, 1.82) is 0 Å². The third-order valence-corrected chi connectivity index (χ3v) is 8.02. The summed E-state index contributed by atoms with van der Waals surface area (Å²) in [6, 6.07) is 31.3. The lowest BCUT2D eigenvalue weighted by molar-refractivity contribution is -0.142. The number of aromatic nitrogens is 1. The van der Waals surface area contributed by atoms with E-state index in [-0.39, 0.29) is 6.61 Å². The molecule has 42 heavy (non-hydrogen) atoms. The first-order valence-electron chi connectivity index (χ1n) is 14.2. The fourth-order valence-corrected chi connectivity index (χ4v) is 5.64. The second kappa shape index (κ2) is 14.1. The molecule has 5 aromatic rings. The minimum absolute atomic E-state index is 0.179. The molecule has 0 bridgehead atoms. The van der Waals surface area contributed by atoms with Gasteiger partial charge in [-0.3, -0.25) is 4.98 Å². The Morgan fingerprint density at radius 3 is 2.10 bits per heavy atom. The number of benzene rings is 4. The van der Waals surface area contributed by atoms with Crippen molar-refractivity contribution in [3.8, 4) is 11.5 Å². The standard InChI is InChI=1S/C36H34BrNO4/c1-3-25-14-15-31(38-23-25)16-17-41-33-22-32-28(20-29(33)18-26-10-6-4-7-11-26)21-30(19-27-12-8-5-9-13-27)36(35(32)37)42-24-34(39)40-2/h4-15,20-23H,3,16-19,24H2,1-2H3. The quantitative estimate of drug-likeness (QED) is 0.132. The van der Waals surface area contributed by atoms with Crippen LogP contribution in [0.15, 0.2) is 102 Å². The van der Waals surface area contributed by atoms with Crippen molar-refractivity contribution >= 4 is 32.7 Å². The molecule has 0 saturated carbocycles. The van der Waals surface area contributed by atoms with Gasteiger partial charge in [-0.15, -0.1) is 0 Å². The summed E-state index contributed by atoms with van der Waals surface area (Å²) in [7, 11) is 1.36. The number of hydrogen-bond donors (Lipinski definition) is 0. The summed E-state index contributed by atoms with van der Waals surface area (Å²) in [5, 5.41) is 2.01. The van der Waals surface area contributed by atoms with Crippen LogP contribution in [0.2, 0.25) is 0 Å². The van der Waals surface area contributed by atoms with Crippen LogP contribution < -0.4 is 9.47 Å². The fraction of sp³-hybridized carbons (Fsp3) is 0.222. The third kappa shape index (κ3) is 7.37. The molecule has 214 valence electrons. The smallest absolute Gasteiger partial charge is 0.343 e. The summed E-state index contributed by atoms with van der Waals surface area (Å²) in [6.07, 6.45) is 5.00. The number of nitrogens with zero attached hydrogens (tertiary/aromatic N) is 1. The monoisotopic (exact) mass is 623 g/mol. The zero-order valence-corrected chi connectivity index (χ0v) is 25.5. The lowest BCUT2D eigenvalue weighted by atomic mass is 9.96. The van der Waals surface area contributed by atoms with Gasteiger partial charge in [-0.1, -0.05) is 73.7 Å². The van der Waals surface area contributed by atoms with Crippen molar-refractivity contribution in [3.63, 3.8) is 0 Å². The maximum Gasteiger partial charge on any atom is 0.343 e. The molecule has 0 aliphatic heterocycles. The first-order chi connectivity index (χ1) is 20.5. The Labute approximate surface area is 255 Å². The average Bonchev–Trinajstić information content (AvgIpc) is 3.02. The Bertz CT molecular complexity index is 1640. The molecule has 0 radical (unpaired) electrons. The predicted octanol–water partition coefficient (Wildman–Crippen LogP) is 7.91. The zero-order valence-electron chi connectivity index (χ0n) is 23.9. The van der Waals surface area contributed by atoms with Gasteiger partial charge in [0.25, 0.3) is 0 Å². The fourth-order valence-electron chi connectivity index (χ4n) is 4.93. The Morgan fingerprint density at radius 1 is 0.810 bits per heavy atom. The second-order valence-corrected chi connectivity index (χ2v) is 11.0. The third-order valence-electron chi connectivity index (χ3n) is 7.24. The Morgan fingerprint density at radius 2 is 1.48 bits per heavy atom. The van der Waals surface area contributed by atoms with E-state index in [1.807, 2.05) is 30.5 Å². The van der Waals surface area contributed by atoms with Crippen LogP contribution in [0.4, 0.5) is 0 Å². The van der Waals surface area contributed by atoms with Crippen molar-refractivity contribution in [1.82, 2.24) is 4.98 Å². The number of rotatable bonds is 12. The highest BCUT2D eigenvalue weighted by Crippen LogP contribution is 2.41. The van der Waals surface area contributed by atoms with Gasteiger partial charge in [-0.05, 0) is 74.3 Å². The van der Waals surface area contributed by atoms with Crippen LogP contribution in [0.25, 0.3) is 10.8 Å². The number of ether oxygens (including phenoxy) is 3. The van der Waals surface area contributed by atoms with Gasteiger partial charge in [0.15, 0.2) is 6.61 Å². The molecule has 1 aromatic heterocycles. The molecule has 0 aliphatic rings. The molecule has 6 heteroatoms. The first-order valence-corrected chi connectivity index (χ1v) is 15.0. The lowest BCUT2D eigenvalue weighted by Crippen LogP contribution is -2.14. The number of fused-ring (bicyclic) bond motifs is 1. The normalized spacial score (nSPS) is 10.9. The van der Waals surface area contributed by atoms with Crippen LogP contribution >= 0.6 is 15.9 Å². The number of carbonyl (C=O) groups is 1. The number of halogens is 1. The molecule has 0 atom stereocenters. The molecule has 0 N–H and O–H groups in total. The minimum atomic E-state index is -0.435. The molecule has 1 heterocycles. The second-order valence-electron chi connectivity index (χ2n) is 10.2. The molecule has 0 saturated heterocycles. The maximum atomic E-state index is 12.0. The molecule has 0 fully saturated rings. The summed E-state index contributed by atoms with van der Waals surface area (Å²) in [5.41, 5.74) is 6.66. The van der Waals surface area contributed by atoms with Gasteiger partial charge in [0, 0.05) is 42.1 Å². The number of carbonyl (C=O) groups excluding carboxylic acids is 1. The van der Waals surface area contributed by atoms with E-state index in [0.717, 1.165) is 56.2 Å². The predicted molar refractivity (Wildman–Crippen MR) is 170 cm³/mol. The van der Waals surface area contributed by atoms with Gasteiger partial charge in [0.1, 0.15) is 11.5 Å². The number of aryl methyl sites for hydroxylation is 1. The zero-order chi connectivity index (χ0) is 29.3. The minimum Gasteiger partial charge on any atom is -0.493 e. The largest absolute Gasteiger partial charge is 0.493 e. The van der Waals surface area contributed by atoms with Gasteiger partial charge >= 0.3 is 5.97 Å². The maximum absolute atomic E-state index is 12.0. The average molecular weight is 625 g/mol. The van der Waals surface area contributed by atoms with E-state index in [9.17, 15) is 4.79 Å². The molecular formula is C36H34BrNO4. The van der Waals surface area contributed by atoms with E-state index < -0.39 is 5.97 Å². The van der Waals surface area contributed by atoms with Crippen molar-refractivity contribution < 1.29 is 19.0 Å². The Hall–Kier alpha value is -4.16. The summed E-state index contributed by atoms with van der Waals surface area (Å²) < 4.78 is 18.1. The van der Waals surface area contributed by atoms with Crippen LogP contribution in [-0.4, -0.2) is 31.3 Å². The number of hydrogen-bond acceptors (Lipinski definition) is 5. The number of esters is 1. The first kappa shape index (κ1) is 29.3. The van der Waals surface area contributed by atoms with E-state index in [1.165, 1.54) is 18.2 Å². The Kier molecular flexibility index (Phi) is 9.88. The van der Waals surface area contributed by atoms with Crippen LogP contribution in [0.3, 0.4) is 0 Å². The van der Waals surface area contributed by atoms with Gasteiger partial charge in [-0.2, -0.15) is 0 Å². The number of pyridine rings is 1. The molecule has 0 spiro atoms. The molecule has 0 aliphatic carbocycles. The highest BCUT2D eigenvalue weighted by molar-refractivity contribution is 9.10. The van der Waals surface area contributed by atoms with Gasteiger partial charge in [0.05, 0.1) is 18.2 Å². The van der Waals surface area contributed by atoms with E-state index >= 15 is 0 Å². The summed E-state index contributed by atoms with van der Waals surface area (Å²) in [4.78, 5) is 16.6. The van der Waals surface area contributed by atoms with E-state index in [2.05, 4.69) is 94.6 Å². The molecule has 4 aromatic carbocycles. The molecular weight excluding hydrogens is 590 g/mol. The van der Waals surface area contributed by atoms with Crippen LogP contribution in [-0.2, 0) is 35.2 Å². The van der Waals surface area contributed by atoms with Gasteiger partial charge in [0.2, 0.25) is 0 Å². The molecule has 0 unspecified atom stereocenters. The summed E-state index contributed by atoms with van der Waals surface area (Å²) >= 11 is 3.82. The summed E-state index contributed by atoms with van der Waals surface area (Å²) in [5.74, 6) is 1.00. The van der Waals surface area contributed by atoms with E-state index in [0.29, 0.717) is 25.2 Å². The van der Waals surface area contributed by atoms with Gasteiger partial charge < -0.3 is 14.2 Å². The molecule has 5 nitrogen and oxygen atoms in total. The van der Waals surface area contributed by atoms with Crippen LogP contribution in [0.5, 0.6) is 11.5 Å². The topological polar surface area (TPSA) is 57.7 Å². The van der Waals surface area contributed by atoms with E-state index in [1.54, 1.807) is 0 Å². The summed E-state index contributed by atoms with van der Waals surface area (Å²) in [6.45, 7) is 2.45. The molecule has 0 amide bonds. The van der Waals surface area contributed by atoms with Crippen molar-refractivity contribution in [2.24, 2.45) is 0 Å². The van der Waals surface area contributed by atoms with Crippen molar-refractivity contribution in [2.45, 2.75) is 32.6 Å². The van der Waals surface area contributed by atoms with Gasteiger partial charge in [-0.25, -0.2) is 4.79 Å².